The van der Waals surface area contributed by atoms with Gasteiger partial charge >= 0.3 is 0 Å². The van der Waals surface area contributed by atoms with E-state index in [1.165, 1.54) is 5.56 Å². The Kier molecular flexibility index (Phi) is 6.41. The molecule has 37 heavy (non-hydrogen) atoms. The fraction of sp³-hybridized carbons (Fsp3) is 0.345. The number of amides is 1. The van der Waals surface area contributed by atoms with E-state index in [-0.39, 0.29) is 11.5 Å². The van der Waals surface area contributed by atoms with Gasteiger partial charge in [-0.2, -0.15) is 9.61 Å². The van der Waals surface area contributed by atoms with Crippen molar-refractivity contribution in [3.8, 4) is 11.3 Å². The zero-order valence-electron chi connectivity index (χ0n) is 20.7. The lowest BCUT2D eigenvalue weighted by Gasteiger charge is -2.39. The van der Waals surface area contributed by atoms with Gasteiger partial charge in [-0.05, 0) is 42.8 Å². The third kappa shape index (κ3) is 4.39. The number of hydrogen-bond acceptors (Lipinski definition) is 4. The first kappa shape index (κ1) is 24.0. The highest BCUT2D eigenvalue weighted by molar-refractivity contribution is 6.36. The van der Waals surface area contributed by atoms with Gasteiger partial charge in [0.1, 0.15) is 13.7 Å². The monoisotopic (exact) mass is 509 g/mol. The second-order valence-electron chi connectivity index (χ2n) is 10.2. The fourth-order valence-corrected chi connectivity index (χ4v) is 6.22. The van der Waals surface area contributed by atoms with Crippen molar-refractivity contribution in [1.82, 2.24) is 19.5 Å². The summed E-state index contributed by atoms with van der Waals surface area (Å²) in [4.78, 5) is 20.7. The van der Waals surface area contributed by atoms with Crippen LogP contribution in [0.25, 0.3) is 16.9 Å². The Morgan fingerprint density at radius 3 is 2.46 bits per heavy atom. The second-order valence-corrected chi connectivity index (χ2v) is 10.6. The Morgan fingerprint density at radius 2 is 1.73 bits per heavy atom. The van der Waals surface area contributed by atoms with Crippen LogP contribution in [0.2, 0.25) is 5.02 Å². The topological polar surface area (TPSA) is 62.5 Å². The maximum atomic E-state index is 13.9. The molecule has 6 rings (SSSR count). The van der Waals surface area contributed by atoms with Crippen molar-refractivity contribution in [2.75, 3.05) is 18.4 Å². The average molecular weight is 510 g/mol. The molecule has 2 aromatic carbocycles. The van der Waals surface area contributed by atoms with Crippen molar-refractivity contribution in [3.63, 3.8) is 0 Å². The Morgan fingerprint density at radius 1 is 1.03 bits per heavy atom. The lowest BCUT2D eigenvalue weighted by Crippen LogP contribution is -2.50. The van der Waals surface area contributed by atoms with Crippen LogP contribution >= 0.6 is 11.6 Å². The van der Waals surface area contributed by atoms with Crippen LogP contribution in [-0.4, -0.2) is 52.4 Å². The highest BCUT2D eigenvalue weighted by Gasteiger charge is 2.45. The predicted molar refractivity (Wildman–Crippen MR) is 149 cm³/mol. The number of aromatic nitrogens is 3. The van der Waals surface area contributed by atoms with Crippen molar-refractivity contribution >= 4 is 42.3 Å². The SMILES string of the molecule is [B]c1cnn2c(NC3CCN(C(=O)C4(c5ccccc5)CCCC4)CC3)cc(-c3ccccc3Cl)nc12. The van der Waals surface area contributed by atoms with E-state index in [2.05, 4.69) is 27.4 Å². The van der Waals surface area contributed by atoms with E-state index in [1.54, 1.807) is 10.7 Å². The summed E-state index contributed by atoms with van der Waals surface area (Å²) in [6.45, 7) is 1.47. The minimum Gasteiger partial charge on any atom is -0.367 e. The molecule has 2 aliphatic rings. The van der Waals surface area contributed by atoms with Crippen LogP contribution in [0.1, 0.15) is 44.1 Å². The zero-order valence-corrected chi connectivity index (χ0v) is 21.5. The highest BCUT2D eigenvalue weighted by atomic mass is 35.5. The smallest absolute Gasteiger partial charge is 0.233 e. The third-order valence-corrected chi connectivity index (χ3v) is 8.31. The number of fused-ring (bicyclic) bond motifs is 1. The van der Waals surface area contributed by atoms with Crippen molar-refractivity contribution < 1.29 is 4.79 Å². The minimum atomic E-state index is -0.366. The van der Waals surface area contributed by atoms with Crippen LogP contribution < -0.4 is 10.8 Å². The molecule has 2 radical (unpaired) electrons. The van der Waals surface area contributed by atoms with Crippen LogP contribution in [-0.2, 0) is 10.2 Å². The average Bonchev–Trinajstić information content (AvgIpc) is 3.58. The summed E-state index contributed by atoms with van der Waals surface area (Å²) < 4.78 is 1.75. The number of nitrogens with zero attached hydrogens (tertiary/aromatic N) is 4. The zero-order chi connectivity index (χ0) is 25.4. The van der Waals surface area contributed by atoms with E-state index in [9.17, 15) is 4.79 Å². The van der Waals surface area contributed by atoms with E-state index >= 15 is 0 Å². The molecule has 1 amide bonds. The highest BCUT2D eigenvalue weighted by Crippen LogP contribution is 2.43. The van der Waals surface area contributed by atoms with E-state index in [4.69, 9.17) is 24.4 Å². The molecular weight excluding hydrogens is 481 g/mol. The molecule has 0 atom stereocenters. The Balaban J connectivity index is 1.21. The Hall–Kier alpha value is -3.32. The molecular formula is C29H29BClN5O. The van der Waals surface area contributed by atoms with Gasteiger partial charge < -0.3 is 10.2 Å². The Bertz CT molecular complexity index is 1430. The van der Waals surface area contributed by atoms with Crippen molar-refractivity contribution in [2.24, 2.45) is 0 Å². The molecule has 1 aliphatic heterocycles. The van der Waals surface area contributed by atoms with Gasteiger partial charge in [0.15, 0.2) is 5.65 Å². The van der Waals surface area contributed by atoms with Gasteiger partial charge in [0.05, 0.1) is 11.1 Å². The predicted octanol–water partition coefficient (Wildman–Crippen LogP) is 4.76. The number of halogens is 1. The van der Waals surface area contributed by atoms with Gasteiger partial charge in [-0.15, -0.1) is 0 Å². The van der Waals surface area contributed by atoms with Gasteiger partial charge in [0.25, 0.3) is 0 Å². The standard InChI is InChI=1S/C29H29BClN5O/c30-23-19-32-36-26(18-25(34-27(23)36)22-10-4-5-11-24(22)31)33-21-12-16-35(17-13-21)28(37)29(14-6-7-15-29)20-8-2-1-3-9-20/h1-5,8-11,18-19,21,33H,6-7,12-17H2. The van der Waals surface area contributed by atoms with Gasteiger partial charge in [-0.25, -0.2) is 4.98 Å². The summed E-state index contributed by atoms with van der Waals surface area (Å²) >= 11 is 6.47. The lowest BCUT2D eigenvalue weighted by atomic mass is 9.77. The van der Waals surface area contributed by atoms with Crippen molar-refractivity contribution in [1.29, 1.82) is 0 Å². The molecule has 2 aromatic heterocycles. The lowest BCUT2D eigenvalue weighted by molar-refractivity contribution is -0.138. The Labute approximate surface area is 223 Å². The van der Waals surface area contributed by atoms with Crippen LogP contribution in [0.5, 0.6) is 0 Å². The normalized spacial score (nSPS) is 17.8. The van der Waals surface area contributed by atoms with Gasteiger partial charge in [0, 0.05) is 42.0 Å². The summed E-state index contributed by atoms with van der Waals surface area (Å²) in [6.07, 6.45) is 7.44. The number of piperidine rings is 1. The maximum Gasteiger partial charge on any atom is 0.233 e. The van der Waals surface area contributed by atoms with E-state index in [0.717, 1.165) is 68.7 Å². The number of anilines is 1. The molecule has 3 heterocycles. The van der Waals surface area contributed by atoms with E-state index in [0.29, 0.717) is 22.0 Å². The molecule has 1 saturated carbocycles. The van der Waals surface area contributed by atoms with Crippen molar-refractivity contribution in [3.05, 3.63) is 77.4 Å². The number of likely N-dealkylation sites (tertiary alicyclic amines) is 1. The van der Waals surface area contributed by atoms with Crippen molar-refractivity contribution in [2.45, 2.75) is 50.0 Å². The minimum absolute atomic E-state index is 0.204. The molecule has 8 heteroatoms. The molecule has 4 aromatic rings. The molecule has 1 N–H and O–H groups in total. The molecule has 0 unspecified atom stereocenters. The first-order chi connectivity index (χ1) is 18.0. The van der Waals surface area contributed by atoms with E-state index < -0.39 is 0 Å². The van der Waals surface area contributed by atoms with Crippen LogP contribution in [0.3, 0.4) is 0 Å². The molecule has 1 aliphatic carbocycles. The number of carbonyl (C=O) groups excluding carboxylic acids is 1. The van der Waals surface area contributed by atoms with Gasteiger partial charge in [-0.3, -0.25) is 4.79 Å². The summed E-state index contributed by atoms with van der Waals surface area (Å²) in [7, 11) is 6.18. The summed E-state index contributed by atoms with van der Waals surface area (Å²) in [5.41, 5.74) is 3.50. The van der Waals surface area contributed by atoms with E-state index in [1.807, 2.05) is 48.5 Å². The molecule has 186 valence electrons. The summed E-state index contributed by atoms with van der Waals surface area (Å²) in [5, 5.41) is 8.74. The first-order valence-electron chi connectivity index (χ1n) is 13.1. The largest absolute Gasteiger partial charge is 0.367 e. The first-order valence-corrected chi connectivity index (χ1v) is 13.4. The number of benzene rings is 2. The van der Waals surface area contributed by atoms with Crippen LogP contribution in [0.15, 0.2) is 66.9 Å². The number of carbonyl (C=O) groups is 1. The molecule has 0 spiro atoms. The maximum absolute atomic E-state index is 13.9. The molecule has 0 bridgehead atoms. The number of nitrogens with one attached hydrogen (secondary N) is 1. The summed E-state index contributed by atoms with van der Waals surface area (Å²) in [5.74, 6) is 1.11. The summed E-state index contributed by atoms with van der Waals surface area (Å²) in [6, 6.07) is 20.2. The van der Waals surface area contributed by atoms with Gasteiger partial charge in [0.2, 0.25) is 5.91 Å². The molecule has 1 saturated heterocycles. The van der Waals surface area contributed by atoms with Crippen LogP contribution in [0.4, 0.5) is 5.82 Å². The van der Waals surface area contributed by atoms with Gasteiger partial charge in [-0.1, -0.05) is 73.0 Å². The second kappa shape index (κ2) is 9.86. The number of hydrogen-bond donors (Lipinski definition) is 1. The molecule has 6 nitrogen and oxygen atoms in total. The van der Waals surface area contributed by atoms with Crippen LogP contribution in [0, 0.1) is 0 Å². The quantitative estimate of drug-likeness (QED) is 0.394. The fourth-order valence-electron chi connectivity index (χ4n) is 5.99. The third-order valence-electron chi connectivity index (χ3n) is 7.98. The molecule has 2 fully saturated rings. The number of rotatable bonds is 5.